The number of methoxy groups -OCH3 is 1. The Morgan fingerprint density at radius 2 is 2.00 bits per heavy atom. The molecule has 0 radical (unpaired) electrons. The molecule has 21 heavy (non-hydrogen) atoms. The molecule has 2 aromatic rings. The number of carbonyl (C=O) groups excluding carboxylic acids is 1. The number of amides is 1. The molecule has 1 unspecified atom stereocenters. The summed E-state index contributed by atoms with van der Waals surface area (Å²) in [5.41, 5.74) is 5.21. The van der Waals surface area contributed by atoms with Crippen LogP contribution in [0.25, 0.3) is 0 Å². The maximum atomic E-state index is 13.3. The predicted octanol–water partition coefficient (Wildman–Crippen LogP) is 2.04. The lowest BCUT2D eigenvalue weighted by molar-refractivity contribution is -0.122. The van der Waals surface area contributed by atoms with Crippen LogP contribution in [0.1, 0.15) is 12.5 Å². The number of hydrogen-bond acceptors (Lipinski definition) is 4. The highest BCUT2D eigenvalue weighted by Gasteiger charge is 2.34. The van der Waals surface area contributed by atoms with Gasteiger partial charge in [0.15, 0.2) is 0 Å². The zero-order valence-electron chi connectivity index (χ0n) is 11.8. The first-order valence-corrected chi connectivity index (χ1v) is 6.29. The monoisotopic (exact) mass is 289 g/mol. The molecule has 0 aliphatic rings. The number of rotatable bonds is 5. The molecule has 1 heterocycles. The van der Waals surface area contributed by atoms with E-state index in [-0.39, 0.29) is 0 Å². The zero-order valence-corrected chi connectivity index (χ0v) is 11.8. The van der Waals surface area contributed by atoms with Crippen LogP contribution in [-0.2, 0) is 10.3 Å². The summed E-state index contributed by atoms with van der Waals surface area (Å²) in [7, 11) is 1.56. The number of nitrogens with two attached hydrogens (primary N) is 1. The molecule has 0 spiro atoms. The van der Waals surface area contributed by atoms with Gasteiger partial charge in [-0.25, -0.2) is 4.39 Å². The van der Waals surface area contributed by atoms with Crippen molar-refractivity contribution >= 4 is 11.6 Å². The minimum absolute atomic E-state index is 0.353. The first kappa shape index (κ1) is 14.8. The highest BCUT2D eigenvalue weighted by atomic mass is 19.1. The summed E-state index contributed by atoms with van der Waals surface area (Å²) in [5, 5.41) is 3.01. The summed E-state index contributed by atoms with van der Waals surface area (Å²) < 4.78 is 18.4. The zero-order chi connectivity index (χ0) is 15.5. The summed E-state index contributed by atoms with van der Waals surface area (Å²) >= 11 is 0. The predicted molar refractivity (Wildman–Crippen MR) is 77.4 cm³/mol. The first-order chi connectivity index (χ1) is 9.95. The van der Waals surface area contributed by atoms with Gasteiger partial charge < -0.3 is 15.8 Å². The molecule has 1 aromatic carbocycles. The van der Waals surface area contributed by atoms with Gasteiger partial charge >= 0.3 is 0 Å². The average Bonchev–Trinajstić information content (AvgIpc) is 2.47. The van der Waals surface area contributed by atoms with Crippen LogP contribution < -0.4 is 15.8 Å². The van der Waals surface area contributed by atoms with Gasteiger partial charge in [0.05, 0.1) is 13.3 Å². The normalized spacial score (nSPS) is 13.3. The molecule has 0 saturated carbocycles. The van der Waals surface area contributed by atoms with E-state index in [4.69, 9.17) is 10.5 Å². The van der Waals surface area contributed by atoms with Crippen molar-refractivity contribution in [2.75, 3.05) is 12.4 Å². The topological polar surface area (TPSA) is 77.2 Å². The van der Waals surface area contributed by atoms with E-state index >= 15 is 0 Å². The third kappa shape index (κ3) is 3.10. The molecule has 2 rings (SSSR count). The van der Waals surface area contributed by atoms with Gasteiger partial charge in [-0.1, -0.05) is 0 Å². The van der Waals surface area contributed by atoms with Crippen LogP contribution in [0.3, 0.4) is 0 Å². The lowest BCUT2D eigenvalue weighted by atomic mass is 9.92. The quantitative estimate of drug-likeness (QED) is 0.883. The Kier molecular flexibility index (Phi) is 4.07. The van der Waals surface area contributed by atoms with E-state index in [1.807, 2.05) is 0 Å². The van der Waals surface area contributed by atoms with Crippen LogP contribution >= 0.6 is 0 Å². The van der Waals surface area contributed by atoms with Crippen molar-refractivity contribution in [2.24, 2.45) is 5.73 Å². The molecule has 0 bridgehead atoms. The number of hydrogen-bond donors (Lipinski definition) is 2. The number of pyridine rings is 1. The number of aromatic nitrogens is 1. The fourth-order valence-electron chi connectivity index (χ4n) is 1.92. The van der Waals surface area contributed by atoms with Gasteiger partial charge in [-0.2, -0.15) is 0 Å². The third-order valence-corrected chi connectivity index (χ3v) is 3.26. The minimum atomic E-state index is -1.27. The van der Waals surface area contributed by atoms with Crippen LogP contribution in [0.15, 0.2) is 42.7 Å². The van der Waals surface area contributed by atoms with E-state index in [0.717, 1.165) is 6.20 Å². The van der Waals surface area contributed by atoms with Crippen molar-refractivity contribution in [2.45, 2.75) is 12.5 Å². The second kappa shape index (κ2) is 5.78. The lowest BCUT2D eigenvalue weighted by Gasteiger charge is -2.29. The standard InChI is InChI=1S/C15H16FN3O2/c1-15(14(17)20,10-7-11(16)9-18-8-10)19-12-3-5-13(21-2)6-4-12/h3-9,19H,1-2H3,(H2,17,20). The van der Waals surface area contributed by atoms with Crippen LogP contribution in [0, 0.1) is 5.82 Å². The number of ether oxygens (including phenoxy) is 1. The van der Waals surface area contributed by atoms with E-state index in [0.29, 0.717) is 17.0 Å². The van der Waals surface area contributed by atoms with Crippen LogP contribution in [0.2, 0.25) is 0 Å². The molecule has 0 aliphatic carbocycles. The molecule has 3 N–H and O–H groups in total. The molecule has 1 aromatic heterocycles. The van der Waals surface area contributed by atoms with Gasteiger partial charge in [-0.15, -0.1) is 0 Å². The Bertz CT molecular complexity index is 646. The fourth-order valence-corrected chi connectivity index (χ4v) is 1.92. The Labute approximate surface area is 121 Å². The van der Waals surface area contributed by atoms with Crippen molar-refractivity contribution in [1.29, 1.82) is 0 Å². The Morgan fingerprint density at radius 3 is 2.52 bits per heavy atom. The van der Waals surface area contributed by atoms with Crippen LogP contribution in [0.5, 0.6) is 5.75 Å². The van der Waals surface area contributed by atoms with E-state index < -0.39 is 17.3 Å². The summed E-state index contributed by atoms with van der Waals surface area (Å²) in [6, 6.07) is 8.20. The largest absolute Gasteiger partial charge is 0.497 e. The molecule has 6 heteroatoms. The summed E-state index contributed by atoms with van der Waals surface area (Å²) in [4.78, 5) is 15.6. The maximum absolute atomic E-state index is 13.3. The van der Waals surface area contributed by atoms with Gasteiger partial charge in [0.1, 0.15) is 17.1 Å². The van der Waals surface area contributed by atoms with Crippen LogP contribution in [0.4, 0.5) is 10.1 Å². The molecular formula is C15H16FN3O2. The van der Waals surface area contributed by atoms with Crippen molar-refractivity contribution in [3.05, 3.63) is 54.1 Å². The first-order valence-electron chi connectivity index (χ1n) is 6.29. The van der Waals surface area contributed by atoms with E-state index in [1.165, 1.54) is 12.3 Å². The Morgan fingerprint density at radius 1 is 1.33 bits per heavy atom. The summed E-state index contributed by atoms with van der Waals surface area (Å²) in [5.74, 6) is -0.476. The van der Waals surface area contributed by atoms with E-state index in [9.17, 15) is 9.18 Å². The second-order valence-corrected chi connectivity index (χ2v) is 4.73. The smallest absolute Gasteiger partial charge is 0.247 e. The highest BCUT2D eigenvalue weighted by Crippen LogP contribution is 2.27. The number of nitrogens with one attached hydrogen (secondary N) is 1. The fraction of sp³-hybridized carbons (Fsp3) is 0.200. The minimum Gasteiger partial charge on any atom is -0.497 e. The van der Waals surface area contributed by atoms with E-state index in [2.05, 4.69) is 10.3 Å². The number of primary amides is 1. The molecule has 0 fully saturated rings. The van der Waals surface area contributed by atoms with Gasteiger partial charge in [0.2, 0.25) is 5.91 Å². The lowest BCUT2D eigenvalue weighted by Crippen LogP contribution is -2.45. The summed E-state index contributed by atoms with van der Waals surface area (Å²) in [6.07, 6.45) is 2.47. The number of anilines is 1. The molecule has 1 amide bonds. The van der Waals surface area contributed by atoms with Crippen LogP contribution in [-0.4, -0.2) is 18.0 Å². The molecular weight excluding hydrogens is 273 g/mol. The number of halogens is 1. The maximum Gasteiger partial charge on any atom is 0.247 e. The van der Waals surface area contributed by atoms with Crippen molar-refractivity contribution in [1.82, 2.24) is 4.98 Å². The molecule has 110 valence electrons. The highest BCUT2D eigenvalue weighted by molar-refractivity contribution is 5.88. The van der Waals surface area contributed by atoms with Gasteiger partial charge in [-0.05, 0) is 37.3 Å². The Balaban J connectivity index is 2.36. The third-order valence-electron chi connectivity index (χ3n) is 3.26. The average molecular weight is 289 g/mol. The molecule has 5 nitrogen and oxygen atoms in total. The van der Waals surface area contributed by atoms with Gasteiger partial charge in [0.25, 0.3) is 0 Å². The van der Waals surface area contributed by atoms with Crippen molar-refractivity contribution in [3.63, 3.8) is 0 Å². The van der Waals surface area contributed by atoms with Gasteiger partial charge in [0, 0.05) is 17.4 Å². The second-order valence-electron chi connectivity index (χ2n) is 4.73. The van der Waals surface area contributed by atoms with E-state index in [1.54, 1.807) is 38.3 Å². The number of nitrogens with zero attached hydrogens (tertiary/aromatic N) is 1. The van der Waals surface area contributed by atoms with Gasteiger partial charge in [-0.3, -0.25) is 9.78 Å². The molecule has 1 atom stereocenters. The van der Waals surface area contributed by atoms with Crippen molar-refractivity contribution < 1.29 is 13.9 Å². The summed E-state index contributed by atoms with van der Waals surface area (Å²) in [6.45, 7) is 1.58. The molecule has 0 saturated heterocycles. The van der Waals surface area contributed by atoms with Crippen molar-refractivity contribution in [3.8, 4) is 5.75 Å². The SMILES string of the molecule is COc1ccc(NC(C)(C(N)=O)c2cncc(F)c2)cc1. The Hall–Kier alpha value is -2.63. The molecule has 0 aliphatic heterocycles. The number of benzene rings is 1. The number of carbonyl (C=O) groups is 1.